The zero-order valence-corrected chi connectivity index (χ0v) is 8.94. The number of nitrogens with zero attached hydrogens (tertiary/aromatic N) is 3. The maximum Gasteiger partial charge on any atom is 0.148 e. The van der Waals surface area contributed by atoms with Gasteiger partial charge in [-0.2, -0.15) is 5.10 Å². The summed E-state index contributed by atoms with van der Waals surface area (Å²) in [5, 5.41) is 4.19. The molecule has 2 rings (SSSR count). The normalized spacial score (nSPS) is 10.5. The Kier molecular flexibility index (Phi) is 2.41. The molecule has 2 aromatic rings. The van der Waals surface area contributed by atoms with Crippen LogP contribution >= 0.6 is 0 Å². The van der Waals surface area contributed by atoms with E-state index in [1.165, 1.54) is 0 Å². The molecule has 2 heterocycles. The molecule has 0 amide bonds. The smallest absolute Gasteiger partial charge is 0.148 e. The largest absolute Gasteiger partial charge is 0.382 e. The maximum atomic E-state index is 5.67. The summed E-state index contributed by atoms with van der Waals surface area (Å²) in [7, 11) is 0. The fourth-order valence-corrected chi connectivity index (χ4v) is 1.40. The highest BCUT2D eigenvalue weighted by Crippen LogP contribution is 2.08. The van der Waals surface area contributed by atoms with Crippen molar-refractivity contribution < 1.29 is 0 Å². The van der Waals surface area contributed by atoms with E-state index in [0.29, 0.717) is 12.4 Å². The van der Waals surface area contributed by atoms with Crippen LogP contribution < -0.4 is 5.73 Å². The van der Waals surface area contributed by atoms with Gasteiger partial charge in [0.1, 0.15) is 5.82 Å². The van der Waals surface area contributed by atoms with Crippen LogP contribution in [0.5, 0.6) is 0 Å². The molecule has 0 aliphatic carbocycles. The fraction of sp³-hybridized carbons (Fsp3) is 0.273. The standard InChI is InChI=1S/C11H14N4/c1-8-6-15(14-11(8)12)7-10-4-3-9(2)13-5-10/h3-6H,7H2,1-2H3,(H2,12,14). The number of aryl methyl sites for hydroxylation is 2. The van der Waals surface area contributed by atoms with E-state index in [0.717, 1.165) is 16.8 Å². The SMILES string of the molecule is Cc1ccc(Cn2cc(C)c(N)n2)cn1. The van der Waals surface area contributed by atoms with Gasteiger partial charge < -0.3 is 5.73 Å². The molecular formula is C11H14N4. The van der Waals surface area contributed by atoms with Crippen molar-refractivity contribution in [3.05, 3.63) is 41.3 Å². The molecule has 0 bridgehead atoms. The molecule has 0 aliphatic heterocycles. The van der Waals surface area contributed by atoms with Crippen molar-refractivity contribution in [3.63, 3.8) is 0 Å². The van der Waals surface area contributed by atoms with Gasteiger partial charge >= 0.3 is 0 Å². The molecule has 0 fully saturated rings. The first-order chi connectivity index (χ1) is 7.15. The Labute approximate surface area is 88.8 Å². The minimum atomic E-state index is 0.593. The highest BCUT2D eigenvalue weighted by molar-refractivity contribution is 5.35. The Morgan fingerprint density at radius 1 is 1.33 bits per heavy atom. The molecule has 0 aliphatic rings. The van der Waals surface area contributed by atoms with Gasteiger partial charge in [0.15, 0.2) is 0 Å². The van der Waals surface area contributed by atoms with Crippen molar-refractivity contribution in [1.82, 2.24) is 14.8 Å². The van der Waals surface area contributed by atoms with Gasteiger partial charge in [-0.1, -0.05) is 6.07 Å². The summed E-state index contributed by atoms with van der Waals surface area (Å²) < 4.78 is 1.83. The minimum Gasteiger partial charge on any atom is -0.382 e. The lowest BCUT2D eigenvalue weighted by Gasteiger charge is -2.01. The number of aromatic nitrogens is 3. The summed E-state index contributed by atoms with van der Waals surface area (Å²) in [6.45, 7) is 4.64. The Morgan fingerprint density at radius 2 is 2.13 bits per heavy atom. The van der Waals surface area contributed by atoms with Crippen LogP contribution in [-0.4, -0.2) is 14.8 Å². The molecule has 0 saturated heterocycles. The van der Waals surface area contributed by atoms with E-state index in [1.54, 1.807) is 0 Å². The zero-order chi connectivity index (χ0) is 10.8. The lowest BCUT2D eigenvalue weighted by atomic mass is 10.2. The van der Waals surface area contributed by atoms with Crippen LogP contribution in [-0.2, 0) is 6.54 Å². The second-order valence-electron chi connectivity index (χ2n) is 3.70. The lowest BCUT2D eigenvalue weighted by Crippen LogP contribution is -2.01. The van der Waals surface area contributed by atoms with Crippen molar-refractivity contribution >= 4 is 5.82 Å². The highest BCUT2D eigenvalue weighted by atomic mass is 15.3. The van der Waals surface area contributed by atoms with Crippen molar-refractivity contribution in [1.29, 1.82) is 0 Å². The van der Waals surface area contributed by atoms with Crippen molar-refractivity contribution in [2.24, 2.45) is 0 Å². The number of nitrogens with two attached hydrogens (primary N) is 1. The summed E-state index contributed by atoms with van der Waals surface area (Å²) in [5.41, 5.74) is 8.83. The van der Waals surface area contributed by atoms with E-state index >= 15 is 0 Å². The van der Waals surface area contributed by atoms with Gasteiger partial charge in [0.2, 0.25) is 0 Å². The van der Waals surface area contributed by atoms with Gasteiger partial charge in [-0.25, -0.2) is 0 Å². The third-order valence-electron chi connectivity index (χ3n) is 2.30. The molecule has 0 radical (unpaired) electrons. The van der Waals surface area contributed by atoms with E-state index in [9.17, 15) is 0 Å². The second-order valence-corrected chi connectivity index (χ2v) is 3.70. The molecule has 4 nitrogen and oxygen atoms in total. The predicted octanol–water partition coefficient (Wildman–Crippen LogP) is 1.53. The minimum absolute atomic E-state index is 0.593. The average molecular weight is 202 g/mol. The zero-order valence-electron chi connectivity index (χ0n) is 8.94. The molecule has 2 N–H and O–H groups in total. The number of pyridine rings is 1. The number of hydrogen-bond acceptors (Lipinski definition) is 3. The third kappa shape index (κ3) is 2.15. The monoisotopic (exact) mass is 202 g/mol. The quantitative estimate of drug-likeness (QED) is 0.803. The third-order valence-corrected chi connectivity index (χ3v) is 2.30. The Balaban J connectivity index is 2.18. The maximum absolute atomic E-state index is 5.67. The second kappa shape index (κ2) is 3.73. The lowest BCUT2D eigenvalue weighted by molar-refractivity contribution is 0.687. The van der Waals surface area contributed by atoms with E-state index in [-0.39, 0.29) is 0 Å². The summed E-state index contributed by atoms with van der Waals surface area (Å²) in [4.78, 5) is 4.23. The van der Waals surface area contributed by atoms with E-state index in [2.05, 4.69) is 16.1 Å². The average Bonchev–Trinajstić information content (AvgIpc) is 2.50. The fourth-order valence-electron chi connectivity index (χ4n) is 1.40. The van der Waals surface area contributed by atoms with Crippen LogP contribution in [0.1, 0.15) is 16.8 Å². The summed E-state index contributed by atoms with van der Waals surface area (Å²) in [6, 6.07) is 4.05. The molecule has 0 aromatic carbocycles. The summed E-state index contributed by atoms with van der Waals surface area (Å²) >= 11 is 0. The number of hydrogen-bond donors (Lipinski definition) is 1. The first kappa shape index (κ1) is 9.71. The summed E-state index contributed by atoms with van der Waals surface area (Å²) in [6.07, 6.45) is 3.80. The van der Waals surface area contributed by atoms with Gasteiger partial charge in [-0.15, -0.1) is 0 Å². The van der Waals surface area contributed by atoms with Crippen LogP contribution in [0.3, 0.4) is 0 Å². The van der Waals surface area contributed by atoms with Gasteiger partial charge in [0.05, 0.1) is 6.54 Å². The molecule has 0 atom stereocenters. The molecule has 0 spiro atoms. The van der Waals surface area contributed by atoms with Crippen molar-refractivity contribution in [2.45, 2.75) is 20.4 Å². The Morgan fingerprint density at radius 3 is 2.67 bits per heavy atom. The van der Waals surface area contributed by atoms with Crippen LogP contribution in [0.2, 0.25) is 0 Å². The van der Waals surface area contributed by atoms with Gasteiger partial charge in [0, 0.05) is 23.7 Å². The number of anilines is 1. The van der Waals surface area contributed by atoms with Crippen LogP contribution in [0.15, 0.2) is 24.5 Å². The molecular weight excluding hydrogens is 188 g/mol. The molecule has 0 saturated carbocycles. The van der Waals surface area contributed by atoms with Crippen molar-refractivity contribution in [3.8, 4) is 0 Å². The first-order valence-electron chi connectivity index (χ1n) is 4.86. The summed E-state index contributed by atoms with van der Waals surface area (Å²) in [5.74, 6) is 0.593. The molecule has 15 heavy (non-hydrogen) atoms. The van der Waals surface area contributed by atoms with Gasteiger partial charge in [-0.05, 0) is 25.5 Å². The molecule has 78 valence electrons. The predicted molar refractivity (Wildman–Crippen MR) is 59.5 cm³/mol. The van der Waals surface area contributed by atoms with E-state index in [4.69, 9.17) is 5.73 Å². The number of rotatable bonds is 2. The van der Waals surface area contributed by atoms with Gasteiger partial charge in [0.25, 0.3) is 0 Å². The van der Waals surface area contributed by atoms with Crippen LogP contribution in [0.25, 0.3) is 0 Å². The highest BCUT2D eigenvalue weighted by Gasteiger charge is 2.01. The van der Waals surface area contributed by atoms with Gasteiger partial charge in [-0.3, -0.25) is 9.67 Å². The Hall–Kier alpha value is -1.84. The molecule has 4 heteroatoms. The van der Waals surface area contributed by atoms with E-state index < -0.39 is 0 Å². The molecule has 2 aromatic heterocycles. The van der Waals surface area contributed by atoms with Crippen LogP contribution in [0.4, 0.5) is 5.82 Å². The number of nitrogen functional groups attached to an aromatic ring is 1. The van der Waals surface area contributed by atoms with E-state index in [1.807, 2.05) is 37.0 Å². The Bertz CT molecular complexity index is 436. The van der Waals surface area contributed by atoms with Crippen molar-refractivity contribution in [2.75, 3.05) is 5.73 Å². The van der Waals surface area contributed by atoms with Crippen LogP contribution in [0, 0.1) is 13.8 Å². The topological polar surface area (TPSA) is 56.7 Å². The first-order valence-corrected chi connectivity index (χ1v) is 4.86. The molecule has 0 unspecified atom stereocenters.